The van der Waals surface area contributed by atoms with Crippen LogP contribution in [0.15, 0.2) is 23.3 Å². The number of aliphatic imine (C=N–C) groups is 1. The number of ether oxygens (including phenoxy) is 1. The van der Waals surface area contributed by atoms with Crippen LogP contribution in [0.3, 0.4) is 0 Å². The molecule has 0 bridgehead atoms. The predicted molar refractivity (Wildman–Crippen MR) is 104 cm³/mol. The molecule has 0 saturated carbocycles. The number of piperidine rings is 1. The molecule has 1 saturated heterocycles. The molecule has 2 N–H and O–H groups in total. The van der Waals surface area contributed by atoms with Crippen LogP contribution in [0.1, 0.15) is 32.3 Å². The van der Waals surface area contributed by atoms with Crippen LogP contribution < -0.4 is 15.4 Å². The fraction of sp³-hybridized carbons (Fsp3) is 0.632. The van der Waals surface area contributed by atoms with E-state index in [1.54, 1.807) is 7.05 Å². The van der Waals surface area contributed by atoms with E-state index in [0.717, 1.165) is 18.9 Å². The molecular weight excluding hydrogens is 387 g/mol. The van der Waals surface area contributed by atoms with Gasteiger partial charge in [-0.15, -0.1) is 0 Å². The van der Waals surface area contributed by atoms with E-state index in [-0.39, 0.29) is 31.0 Å². The Bertz CT molecular complexity index is 701. The largest absolute Gasteiger partial charge is 0.475 e. The standard InChI is InChI=1S/C19H28F3N5O2/c1-13(2)17(28)27-10-6-14(7-11-27)26-18(23-3)25-9-12-29-16-15(19(20,21)22)5-4-8-24-16/h4-5,8,13-14H,6-7,9-12H2,1-3H3,(H2,23,25,26). The van der Waals surface area contributed by atoms with Gasteiger partial charge in [0.2, 0.25) is 11.8 Å². The number of carbonyl (C=O) groups is 1. The van der Waals surface area contributed by atoms with Crippen molar-refractivity contribution in [2.24, 2.45) is 10.9 Å². The maximum Gasteiger partial charge on any atom is 0.421 e. The van der Waals surface area contributed by atoms with Crippen LogP contribution in [0, 0.1) is 5.92 Å². The lowest BCUT2D eigenvalue weighted by Gasteiger charge is -2.34. The molecule has 0 atom stereocenters. The van der Waals surface area contributed by atoms with Gasteiger partial charge >= 0.3 is 6.18 Å². The summed E-state index contributed by atoms with van der Waals surface area (Å²) in [6, 6.07) is 2.33. The van der Waals surface area contributed by atoms with Crippen molar-refractivity contribution in [2.75, 3.05) is 33.3 Å². The zero-order valence-electron chi connectivity index (χ0n) is 16.9. The van der Waals surface area contributed by atoms with Crippen molar-refractivity contribution in [1.29, 1.82) is 0 Å². The third-order valence-corrected chi connectivity index (χ3v) is 4.57. The number of halogens is 3. The highest BCUT2D eigenvalue weighted by molar-refractivity contribution is 5.80. The average Bonchev–Trinajstić information content (AvgIpc) is 2.69. The van der Waals surface area contributed by atoms with Crippen molar-refractivity contribution in [3.63, 3.8) is 0 Å². The quantitative estimate of drug-likeness (QED) is 0.424. The summed E-state index contributed by atoms with van der Waals surface area (Å²) in [5, 5.41) is 6.30. The second-order valence-electron chi connectivity index (χ2n) is 7.10. The van der Waals surface area contributed by atoms with Crippen molar-refractivity contribution in [3.8, 4) is 5.88 Å². The van der Waals surface area contributed by atoms with Gasteiger partial charge in [0.05, 0.1) is 6.54 Å². The van der Waals surface area contributed by atoms with Gasteiger partial charge in [-0.05, 0) is 25.0 Å². The Morgan fingerprint density at radius 2 is 2.07 bits per heavy atom. The van der Waals surface area contributed by atoms with E-state index in [1.807, 2.05) is 18.7 Å². The highest BCUT2D eigenvalue weighted by atomic mass is 19.4. The first-order valence-corrected chi connectivity index (χ1v) is 9.63. The normalized spacial score (nSPS) is 16.1. The van der Waals surface area contributed by atoms with Crippen LogP contribution in [-0.2, 0) is 11.0 Å². The van der Waals surface area contributed by atoms with E-state index in [2.05, 4.69) is 20.6 Å². The van der Waals surface area contributed by atoms with Gasteiger partial charge in [-0.1, -0.05) is 13.8 Å². The second-order valence-corrected chi connectivity index (χ2v) is 7.10. The molecule has 10 heteroatoms. The summed E-state index contributed by atoms with van der Waals surface area (Å²) in [6.45, 7) is 5.43. The van der Waals surface area contributed by atoms with Crippen molar-refractivity contribution in [1.82, 2.24) is 20.5 Å². The summed E-state index contributed by atoms with van der Waals surface area (Å²) in [5.41, 5.74) is -0.898. The van der Waals surface area contributed by atoms with E-state index in [0.29, 0.717) is 19.0 Å². The van der Waals surface area contributed by atoms with Crippen molar-refractivity contribution in [3.05, 3.63) is 23.9 Å². The summed E-state index contributed by atoms with van der Waals surface area (Å²) in [6.07, 6.45) is -1.65. The Morgan fingerprint density at radius 3 is 2.66 bits per heavy atom. The molecule has 1 amide bonds. The molecule has 2 heterocycles. The Labute approximate surface area is 168 Å². The summed E-state index contributed by atoms with van der Waals surface area (Å²) in [5.74, 6) is 0.257. The van der Waals surface area contributed by atoms with Crippen molar-refractivity contribution in [2.45, 2.75) is 38.9 Å². The average molecular weight is 415 g/mol. The molecule has 0 spiro atoms. The Hall–Kier alpha value is -2.52. The number of carbonyl (C=O) groups excluding carboxylic acids is 1. The number of pyridine rings is 1. The first-order chi connectivity index (χ1) is 13.7. The first-order valence-electron chi connectivity index (χ1n) is 9.63. The summed E-state index contributed by atoms with van der Waals surface area (Å²) in [4.78, 5) is 21.7. The molecular formula is C19H28F3N5O2. The Morgan fingerprint density at radius 1 is 1.38 bits per heavy atom. The molecule has 0 aromatic carbocycles. The van der Waals surface area contributed by atoms with Crippen LogP contribution in [0.25, 0.3) is 0 Å². The zero-order valence-corrected chi connectivity index (χ0v) is 16.9. The third-order valence-electron chi connectivity index (χ3n) is 4.57. The number of nitrogens with zero attached hydrogens (tertiary/aromatic N) is 3. The summed E-state index contributed by atoms with van der Waals surface area (Å²) < 4.78 is 44.0. The van der Waals surface area contributed by atoms with Crippen LogP contribution in [0.4, 0.5) is 13.2 Å². The molecule has 1 aromatic heterocycles. The van der Waals surface area contributed by atoms with E-state index in [1.165, 1.54) is 12.3 Å². The highest BCUT2D eigenvalue weighted by Gasteiger charge is 2.35. The molecule has 0 aliphatic carbocycles. The molecule has 162 valence electrons. The molecule has 29 heavy (non-hydrogen) atoms. The monoisotopic (exact) mass is 415 g/mol. The van der Waals surface area contributed by atoms with Crippen LogP contribution in [0.5, 0.6) is 5.88 Å². The topological polar surface area (TPSA) is 78.9 Å². The third kappa shape index (κ3) is 6.79. The van der Waals surface area contributed by atoms with Gasteiger partial charge in [-0.3, -0.25) is 9.79 Å². The van der Waals surface area contributed by atoms with Gasteiger partial charge in [0.1, 0.15) is 12.2 Å². The maximum absolute atomic E-state index is 12.9. The number of aromatic nitrogens is 1. The van der Waals surface area contributed by atoms with Gasteiger partial charge in [-0.2, -0.15) is 13.2 Å². The van der Waals surface area contributed by atoms with Crippen LogP contribution in [-0.4, -0.2) is 61.1 Å². The first kappa shape index (κ1) is 22.8. The highest BCUT2D eigenvalue weighted by Crippen LogP contribution is 2.34. The number of hydrogen-bond acceptors (Lipinski definition) is 4. The minimum absolute atomic E-state index is 0.00211. The summed E-state index contributed by atoms with van der Waals surface area (Å²) >= 11 is 0. The van der Waals surface area contributed by atoms with Gasteiger partial charge < -0.3 is 20.3 Å². The maximum atomic E-state index is 12.9. The number of nitrogens with one attached hydrogen (secondary N) is 2. The fourth-order valence-corrected chi connectivity index (χ4v) is 3.04. The number of guanidine groups is 1. The lowest BCUT2D eigenvalue weighted by molar-refractivity contribution is -0.139. The van der Waals surface area contributed by atoms with E-state index in [9.17, 15) is 18.0 Å². The van der Waals surface area contributed by atoms with Gasteiger partial charge in [0.15, 0.2) is 5.96 Å². The fourth-order valence-electron chi connectivity index (χ4n) is 3.04. The van der Waals surface area contributed by atoms with E-state index >= 15 is 0 Å². The van der Waals surface area contributed by atoms with Gasteiger partial charge in [0.25, 0.3) is 0 Å². The van der Waals surface area contributed by atoms with Crippen LogP contribution in [0.2, 0.25) is 0 Å². The molecule has 1 aromatic rings. The Kier molecular flexibility index (Phi) is 8.10. The lowest BCUT2D eigenvalue weighted by atomic mass is 10.0. The molecule has 1 fully saturated rings. The van der Waals surface area contributed by atoms with E-state index < -0.39 is 17.6 Å². The SMILES string of the molecule is CN=C(NCCOc1ncccc1C(F)(F)F)NC1CCN(C(=O)C(C)C)CC1. The van der Waals surface area contributed by atoms with Crippen molar-refractivity contribution >= 4 is 11.9 Å². The van der Waals surface area contributed by atoms with Gasteiger partial charge in [0, 0.05) is 38.3 Å². The lowest BCUT2D eigenvalue weighted by Crippen LogP contribution is -2.50. The number of rotatable bonds is 6. The number of amides is 1. The smallest absolute Gasteiger partial charge is 0.421 e. The number of likely N-dealkylation sites (tertiary alicyclic amines) is 1. The molecule has 7 nitrogen and oxygen atoms in total. The Balaban J connectivity index is 1.75. The minimum atomic E-state index is -4.51. The summed E-state index contributed by atoms with van der Waals surface area (Å²) in [7, 11) is 1.62. The molecule has 1 aliphatic heterocycles. The molecule has 2 rings (SSSR count). The molecule has 0 radical (unpaired) electrons. The molecule has 1 aliphatic rings. The van der Waals surface area contributed by atoms with Crippen LogP contribution >= 0.6 is 0 Å². The minimum Gasteiger partial charge on any atom is -0.475 e. The van der Waals surface area contributed by atoms with E-state index in [4.69, 9.17) is 4.74 Å². The van der Waals surface area contributed by atoms with Crippen molar-refractivity contribution < 1.29 is 22.7 Å². The number of alkyl halides is 3. The molecule has 0 unspecified atom stereocenters. The predicted octanol–water partition coefficient (Wildman–Crippen LogP) is 2.29. The zero-order chi connectivity index (χ0) is 21.4. The second kappa shape index (κ2) is 10.3. The number of hydrogen-bond donors (Lipinski definition) is 2. The van der Waals surface area contributed by atoms with Gasteiger partial charge in [-0.25, -0.2) is 4.98 Å².